The summed E-state index contributed by atoms with van der Waals surface area (Å²) in [6.07, 6.45) is 2.08. The van der Waals surface area contributed by atoms with Gasteiger partial charge in [-0.3, -0.25) is 0 Å². The summed E-state index contributed by atoms with van der Waals surface area (Å²) in [4.78, 5) is 4.73. The topological polar surface area (TPSA) is 38.9 Å². The van der Waals surface area contributed by atoms with Crippen molar-refractivity contribution in [1.82, 2.24) is 4.98 Å². The van der Waals surface area contributed by atoms with Gasteiger partial charge in [-0.2, -0.15) is 0 Å². The van der Waals surface area contributed by atoms with Crippen LogP contribution < -0.4 is 5.73 Å². The van der Waals surface area contributed by atoms with E-state index < -0.39 is 0 Å². The van der Waals surface area contributed by atoms with Crippen molar-refractivity contribution in [3.8, 4) is 11.3 Å². The maximum Gasteiger partial charge on any atom is 0.0932 e. The average Bonchev–Trinajstić information content (AvgIpc) is 2.86. The zero-order valence-electron chi connectivity index (χ0n) is 11.3. The molecule has 0 unspecified atom stereocenters. The van der Waals surface area contributed by atoms with Crippen LogP contribution >= 0.6 is 27.3 Å². The zero-order valence-corrected chi connectivity index (χ0v) is 13.7. The second-order valence-corrected chi connectivity index (χ2v) is 7.27. The van der Waals surface area contributed by atoms with Gasteiger partial charge in [-0.25, -0.2) is 4.98 Å². The Hall–Kier alpha value is -0.710. The Bertz CT molecular complexity index is 549. The van der Waals surface area contributed by atoms with E-state index in [4.69, 9.17) is 10.7 Å². The fourth-order valence-corrected chi connectivity index (χ4v) is 3.05. The van der Waals surface area contributed by atoms with Crippen LogP contribution in [0.1, 0.15) is 25.3 Å². The summed E-state index contributed by atoms with van der Waals surface area (Å²) in [5.74, 6) is 0. The minimum atomic E-state index is 0.194. The van der Waals surface area contributed by atoms with Gasteiger partial charge in [0.25, 0.3) is 0 Å². The fourth-order valence-electron chi connectivity index (χ4n) is 1.77. The summed E-state index contributed by atoms with van der Waals surface area (Å²) in [6, 6.07) is 8.19. The first-order chi connectivity index (χ1) is 9.02. The van der Waals surface area contributed by atoms with Crippen LogP contribution in [0.2, 0.25) is 0 Å². The second-order valence-electron chi connectivity index (χ2n) is 5.47. The highest BCUT2D eigenvalue weighted by molar-refractivity contribution is 9.10. The number of aromatic nitrogens is 1. The lowest BCUT2D eigenvalue weighted by molar-refractivity contribution is 0.348. The number of aryl methyl sites for hydroxylation is 1. The Morgan fingerprint density at radius 2 is 2.05 bits per heavy atom. The van der Waals surface area contributed by atoms with Crippen LogP contribution in [-0.2, 0) is 6.42 Å². The number of thiazole rings is 1. The van der Waals surface area contributed by atoms with Gasteiger partial charge in [0, 0.05) is 15.4 Å². The minimum Gasteiger partial charge on any atom is -0.330 e. The number of hydrogen-bond donors (Lipinski definition) is 1. The molecule has 0 fully saturated rings. The molecule has 19 heavy (non-hydrogen) atoms. The lowest BCUT2D eigenvalue weighted by Crippen LogP contribution is -2.23. The van der Waals surface area contributed by atoms with Gasteiger partial charge in [-0.05, 0) is 30.9 Å². The Kier molecular flexibility index (Phi) is 4.76. The second kappa shape index (κ2) is 6.16. The molecule has 2 aromatic rings. The minimum absolute atomic E-state index is 0.194. The fraction of sp³-hybridized carbons (Fsp3) is 0.400. The normalized spacial score (nSPS) is 11.8. The van der Waals surface area contributed by atoms with Crippen LogP contribution in [0.5, 0.6) is 0 Å². The third-order valence-electron chi connectivity index (χ3n) is 3.27. The van der Waals surface area contributed by atoms with Crippen molar-refractivity contribution in [3.05, 3.63) is 39.1 Å². The molecule has 0 radical (unpaired) electrons. The van der Waals surface area contributed by atoms with Gasteiger partial charge in [0.15, 0.2) is 0 Å². The summed E-state index contributed by atoms with van der Waals surface area (Å²) >= 11 is 5.30. The highest BCUT2D eigenvalue weighted by Gasteiger charge is 2.16. The van der Waals surface area contributed by atoms with Crippen molar-refractivity contribution in [3.63, 3.8) is 0 Å². The largest absolute Gasteiger partial charge is 0.330 e. The van der Waals surface area contributed by atoms with Crippen molar-refractivity contribution < 1.29 is 0 Å². The van der Waals surface area contributed by atoms with Gasteiger partial charge in [0.1, 0.15) is 0 Å². The molecule has 0 aliphatic heterocycles. The van der Waals surface area contributed by atoms with Crippen LogP contribution in [0.3, 0.4) is 0 Å². The lowest BCUT2D eigenvalue weighted by atomic mass is 9.88. The molecule has 0 bridgehead atoms. The first-order valence-electron chi connectivity index (χ1n) is 6.41. The molecule has 2 rings (SSSR count). The van der Waals surface area contributed by atoms with E-state index in [1.54, 1.807) is 11.3 Å². The number of benzene rings is 1. The number of halogens is 1. The molecule has 0 saturated carbocycles. The van der Waals surface area contributed by atoms with Gasteiger partial charge in [0.05, 0.1) is 10.7 Å². The molecule has 0 aliphatic rings. The van der Waals surface area contributed by atoms with Crippen molar-refractivity contribution >= 4 is 27.3 Å². The molecule has 1 aromatic heterocycles. The maximum absolute atomic E-state index is 5.76. The van der Waals surface area contributed by atoms with Gasteiger partial charge in [0.2, 0.25) is 0 Å². The molecule has 1 heterocycles. The summed E-state index contributed by atoms with van der Waals surface area (Å²) in [7, 11) is 0. The Balaban J connectivity index is 2.10. The van der Waals surface area contributed by atoms with E-state index in [2.05, 4.69) is 41.2 Å². The van der Waals surface area contributed by atoms with Gasteiger partial charge in [-0.15, -0.1) is 11.3 Å². The summed E-state index contributed by atoms with van der Waals surface area (Å²) < 4.78 is 1.09. The van der Waals surface area contributed by atoms with Gasteiger partial charge < -0.3 is 5.73 Å². The third-order valence-corrected chi connectivity index (χ3v) is 4.87. The SMILES string of the molecule is CC(C)(CN)CCc1nc(-c2ccccc2Br)cs1. The molecule has 0 aliphatic carbocycles. The van der Waals surface area contributed by atoms with Crippen molar-refractivity contribution in [1.29, 1.82) is 0 Å². The van der Waals surface area contributed by atoms with Crippen molar-refractivity contribution in [2.45, 2.75) is 26.7 Å². The molecule has 0 atom stereocenters. The van der Waals surface area contributed by atoms with Crippen LogP contribution in [0, 0.1) is 5.41 Å². The molecule has 0 amide bonds. The van der Waals surface area contributed by atoms with Crippen LogP contribution in [-0.4, -0.2) is 11.5 Å². The molecule has 2 nitrogen and oxygen atoms in total. The van der Waals surface area contributed by atoms with E-state index in [1.807, 2.05) is 18.2 Å². The molecule has 1 aromatic carbocycles. The molecule has 4 heteroatoms. The summed E-state index contributed by atoms with van der Waals surface area (Å²) in [5, 5.41) is 3.32. The Morgan fingerprint density at radius 1 is 1.32 bits per heavy atom. The van der Waals surface area contributed by atoms with Crippen LogP contribution in [0.4, 0.5) is 0 Å². The first-order valence-corrected chi connectivity index (χ1v) is 8.08. The van der Waals surface area contributed by atoms with E-state index in [0.29, 0.717) is 0 Å². The predicted octanol–water partition coefficient (Wildman–Crippen LogP) is 4.49. The molecule has 2 N–H and O–H groups in total. The quantitative estimate of drug-likeness (QED) is 0.872. The number of nitrogens with two attached hydrogens (primary N) is 1. The number of rotatable bonds is 5. The molecule has 0 spiro atoms. The molecular weight excluding hydrogens is 320 g/mol. The van der Waals surface area contributed by atoms with E-state index in [1.165, 1.54) is 5.01 Å². The van der Waals surface area contributed by atoms with Crippen molar-refractivity contribution in [2.75, 3.05) is 6.54 Å². The van der Waals surface area contributed by atoms with Crippen LogP contribution in [0.25, 0.3) is 11.3 Å². The van der Waals surface area contributed by atoms with Crippen LogP contribution in [0.15, 0.2) is 34.1 Å². The zero-order chi connectivity index (χ0) is 13.9. The smallest absolute Gasteiger partial charge is 0.0932 e. The highest BCUT2D eigenvalue weighted by Crippen LogP contribution is 2.30. The monoisotopic (exact) mass is 338 g/mol. The molecule has 0 saturated heterocycles. The van der Waals surface area contributed by atoms with E-state index in [0.717, 1.165) is 35.1 Å². The lowest BCUT2D eigenvalue weighted by Gasteiger charge is -2.21. The van der Waals surface area contributed by atoms with E-state index in [-0.39, 0.29) is 5.41 Å². The van der Waals surface area contributed by atoms with E-state index >= 15 is 0 Å². The maximum atomic E-state index is 5.76. The third kappa shape index (κ3) is 3.88. The standard InChI is InChI=1S/C15H19BrN2S/c1-15(2,10-17)8-7-14-18-13(9-19-14)11-5-3-4-6-12(11)16/h3-6,9H,7-8,10,17H2,1-2H3. The molecular formula is C15H19BrN2S. The van der Waals surface area contributed by atoms with Gasteiger partial charge >= 0.3 is 0 Å². The van der Waals surface area contributed by atoms with Gasteiger partial charge in [-0.1, -0.05) is 48.0 Å². The average molecular weight is 339 g/mol. The highest BCUT2D eigenvalue weighted by atomic mass is 79.9. The summed E-state index contributed by atoms with van der Waals surface area (Å²) in [6.45, 7) is 5.13. The Morgan fingerprint density at radius 3 is 2.74 bits per heavy atom. The molecule has 102 valence electrons. The Labute approximate surface area is 127 Å². The number of hydrogen-bond acceptors (Lipinski definition) is 3. The predicted molar refractivity (Wildman–Crippen MR) is 86.4 cm³/mol. The first kappa shape index (κ1) is 14.7. The number of nitrogens with zero attached hydrogens (tertiary/aromatic N) is 1. The summed E-state index contributed by atoms with van der Waals surface area (Å²) in [5.41, 5.74) is 8.17. The van der Waals surface area contributed by atoms with Crippen molar-refractivity contribution in [2.24, 2.45) is 11.1 Å². The van der Waals surface area contributed by atoms with E-state index in [9.17, 15) is 0 Å².